The van der Waals surface area contributed by atoms with Crippen molar-refractivity contribution in [1.82, 2.24) is 14.5 Å². The van der Waals surface area contributed by atoms with Crippen LogP contribution in [0.5, 0.6) is 0 Å². The topological polar surface area (TPSA) is 98.3 Å². The lowest BCUT2D eigenvalue weighted by Crippen LogP contribution is -2.41. The van der Waals surface area contributed by atoms with Crippen molar-refractivity contribution in [3.63, 3.8) is 0 Å². The van der Waals surface area contributed by atoms with E-state index in [9.17, 15) is 18.8 Å². The number of nitrogens with zero attached hydrogens (tertiary/aromatic N) is 3. The quantitative estimate of drug-likeness (QED) is 0.375. The summed E-state index contributed by atoms with van der Waals surface area (Å²) in [6.45, 7) is 0.936. The molecular formula is C28H31FN4O3S. The summed E-state index contributed by atoms with van der Waals surface area (Å²) in [7, 11) is 0. The standard InChI is InChI=1S/C28H31FN4O3S/c29-21-6-4-5-18(15-21)17-37-28-31-24-16-20(26(35)32-13-11-19(12-14-32)25(30)34)9-10-23(24)27(36)33(28)22-7-2-1-3-8-22/h4-6,9-10,15-16,19,22H,1-3,7-8,11-14,17H2,(H2,30,34). The van der Waals surface area contributed by atoms with Gasteiger partial charge in [-0.1, -0.05) is 43.2 Å². The van der Waals surface area contributed by atoms with Crippen molar-refractivity contribution in [1.29, 1.82) is 0 Å². The first kappa shape index (κ1) is 25.4. The average Bonchev–Trinajstić information content (AvgIpc) is 2.92. The van der Waals surface area contributed by atoms with Gasteiger partial charge in [-0.05, 0) is 61.6 Å². The Kier molecular flexibility index (Phi) is 7.60. The minimum absolute atomic E-state index is 0.0843. The molecule has 37 heavy (non-hydrogen) atoms. The number of primary amides is 1. The molecule has 2 fully saturated rings. The summed E-state index contributed by atoms with van der Waals surface area (Å²) in [4.78, 5) is 45.0. The van der Waals surface area contributed by atoms with Gasteiger partial charge in [-0.3, -0.25) is 19.0 Å². The van der Waals surface area contributed by atoms with Crippen LogP contribution in [0.4, 0.5) is 4.39 Å². The van der Waals surface area contributed by atoms with Crippen LogP contribution in [0.2, 0.25) is 0 Å². The molecule has 1 saturated carbocycles. The van der Waals surface area contributed by atoms with Crippen LogP contribution in [-0.4, -0.2) is 39.4 Å². The molecule has 2 aliphatic rings. The fourth-order valence-corrected chi connectivity index (χ4v) is 6.41. The van der Waals surface area contributed by atoms with Gasteiger partial charge < -0.3 is 10.6 Å². The van der Waals surface area contributed by atoms with Crippen LogP contribution in [0.25, 0.3) is 10.9 Å². The zero-order chi connectivity index (χ0) is 25.9. The highest BCUT2D eigenvalue weighted by atomic mass is 32.2. The van der Waals surface area contributed by atoms with Crippen LogP contribution < -0.4 is 11.3 Å². The van der Waals surface area contributed by atoms with Crippen molar-refractivity contribution in [3.8, 4) is 0 Å². The molecule has 0 unspecified atom stereocenters. The molecule has 0 spiro atoms. The maximum atomic E-state index is 13.7. The molecule has 2 N–H and O–H groups in total. The third kappa shape index (κ3) is 5.56. The third-order valence-electron chi connectivity index (χ3n) is 7.50. The predicted molar refractivity (Wildman–Crippen MR) is 142 cm³/mol. The molecule has 9 heteroatoms. The van der Waals surface area contributed by atoms with E-state index in [4.69, 9.17) is 10.7 Å². The highest BCUT2D eigenvalue weighted by Gasteiger charge is 2.27. The number of amides is 2. The SMILES string of the molecule is NC(=O)C1CCN(C(=O)c2ccc3c(=O)n(C4CCCCC4)c(SCc4cccc(F)c4)nc3c2)CC1. The number of thioether (sulfide) groups is 1. The number of likely N-dealkylation sites (tertiary alicyclic amines) is 1. The first-order chi connectivity index (χ1) is 17.9. The van der Waals surface area contributed by atoms with Gasteiger partial charge in [-0.15, -0.1) is 0 Å². The van der Waals surface area contributed by atoms with Crippen molar-refractivity contribution in [2.45, 2.75) is 61.9 Å². The Morgan fingerprint density at radius 3 is 2.49 bits per heavy atom. The number of nitrogens with two attached hydrogens (primary N) is 1. The molecule has 1 aliphatic carbocycles. The highest BCUT2D eigenvalue weighted by Crippen LogP contribution is 2.32. The second kappa shape index (κ2) is 11.0. The maximum absolute atomic E-state index is 13.7. The second-order valence-electron chi connectivity index (χ2n) is 9.98. The summed E-state index contributed by atoms with van der Waals surface area (Å²) >= 11 is 1.42. The van der Waals surface area contributed by atoms with Crippen LogP contribution in [-0.2, 0) is 10.5 Å². The van der Waals surface area contributed by atoms with Crippen molar-refractivity contribution in [3.05, 3.63) is 69.8 Å². The van der Waals surface area contributed by atoms with Gasteiger partial charge in [0.15, 0.2) is 5.16 Å². The van der Waals surface area contributed by atoms with Gasteiger partial charge in [0.25, 0.3) is 11.5 Å². The molecule has 3 aromatic rings. The largest absolute Gasteiger partial charge is 0.369 e. The number of carbonyl (C=O) groups is 2. The van der Waals surface area contributed by atoms with E-state index in [0.29, 0.717) is 53.3 Å². The normalized spacial score (nSPS) is 17.3. The Hall–Kier alpha value is -3.20. The van der Waals surface area contributed by atoms with Crippen LogP contribution in [0, 0.1) is 11.7 Å². The lowest BCUT2D eigenvalue weighted by atomic mass is 9.95. The molecule has 2 amide bonds. The van der Waals surface area contributed by atoms with Gasteiger partial charge in [-0.25, -0.2) is 9.37 Å². The number of hydrogen-bond donors (Lipinski definition) is 1. The first-order valence-electron chi connectivity index (χ1n) is 12.9. The number of fused-ring (bicyclic) bond motifs is 1. The summed E-state index contributed by atoms with van der Waals surface area (Å²) in [5.74, 6) is -0.470. The molecular weight excluding hydrogens is 491 g/mol. The number of aromatic nitrogens is 2. The number of halogens is 1. The molecule has 2 heterocycles. The Bertz CT molecular complexity index is 1380. The van der Waals surface area contributed by atoms with Crippen molar-refractivity contribution >= 4 is 34.5 Å². The Morgan fingerprint density at radius 1 is 1.03 bits per heavy atom. The van der Waals surface area contributed by atoms with E-state index in [1.165, 1.54) is 30.3 Å². The first-order valence-corrected chi connectivity index (χ1v) is 13.9. The number of piperidine rings is 1. The van der Waals surface area contributed by atoms with Gasteiger partial charge in [-0.2, -0.15) is 0 Å². The zero-order valence-corrected chi connectivity index (χ0v) is 21.5. The van der Waals surface area contributed by atoms with Gasteiger partial charge in [0.05, 0.1) is 10.9 Å². The van der Waals surface area contributed by atoms with Crippen LogP contribution in [0.1, 0.15) is 66.9 Å². The lowest BCUT2D eigenvalue weighted by Gasteiger charge is -2.30. The second-order valence-corrected chi connectivity index (χ2v) is 10.9. The minimum atomic E-state index is -0.320. The van der Waals surface area contributed by atoms with E-state index < -0.39 is 0 Å². The molecule has 0 atom stereocenters. The lowest BCUT2D eigenvalue weighted by molar-refractivity contribution is -0.123. The molecule has 1 aliphatic heterocycles. The number of benzene rings is 2. The van der Waals surface area contributed by atoms with E-state index in [1.54, 1.807) is 29.2 Å². The third-order valence-corrected chi connectivity index (χ3v) is 8.52. The predicted octanol–water partition coefficient (Wildman–Crippen LogP) is 4.67. The molecule has 194 valence electrons. The summed E-state index contributed by atoms with van der Waals surface area (Å²) in [6.07, 6.45) is 6.28. The number of rotatable bonds is 6. The van der Waals surface area contributed by atoms with Crippen molar-refractivity contribution in [2.24, 2.45) is 11.7 Å². The fraction of sp³-hybridized carbons (Fsp3) is 0.429. The number of hydrogen-bond acceptors (Lipinski definition) is 5. The van der Waals surface area contributed by atoms with E-state index in [0.717, 1.165) is 31.2 Å². The highest BCUT2D eigenvalue weighted by molar-refractivity contribution is 7.98. The van der Waals surface area contributed by atoms with E-state index in [2.05, 4.69) is 0 Å². The van der Waals surface area contributed by atoms with Crippen LogP contribution in [0.15, 0.2) is 52.4 Å². The van der Waals surface area contributed by atoms with Crippen LogP contribution >= 0.6 is 11.8 Å². The maximum Gasteiger partial charge on any atom is 0.262 e. The molecule has 1 aromatic heterocycles. The van der Waals surface area contributed by atoms with Crippen molar-refractivity contribution < 1.29 is 14.0 Å². The molecule has 7 nitrogen and oxygen atoms in total. The number of carbonyl (C=O) groups excluding carboxylic acids is 2. The monoisotopic (exact) mass is 522 g/mol. The fourth-order valence-electron chi connectivity index (χ4n) is 5.40. The summed E-state index contributed by atoms with van der Waals surface area (Å²) in [5.41, 5.74) is 7.09. The van der Waals surface area contributed by atoms with Gasteiger partial charge >= 0.3 is 0 Å². The Labute approximate surface area is 219 Å². The van der Waals surface area contributed by atoms with Gasteiger partial charge in [0.1, 0.15) is 5.82 Å². The smallest absolute Gasteiger partial charge is 0.262 e. The molecule has 0 bridgehead atoms. The van der Waals surface area contributed by atoms with E-state index in [1.807, 2.05) is 10.6 Å². The average molecular weight is 523 g/mol. The van der Waals surface area contributed by atoms with Gasteiger partial charge in [0, 0.05) is 36.4 Å². The molecule has 5 rings (SSSR count). The molecule has 0 radical (unpaired) electrons. The van der Waals surface area contributed by atoms with Gasteiger partial charge in [0.2, 0.25) is 5.91 Å². The minimum Gasteiger partial charge on any atom is -0.369 e. The Balaban J connectivity index is 1.47. The van der Waals surface area contributed by atoms with Crippen LogP contribution in [0.3, 0.4) is 0 Å². The Morgan fingerprint density at radius 2 is 1.78 bits per heavy atom. The van der Waals surface area contributed by atoms with E-state index >= 15 is 0 Å². The summed E-state index contributed by atoms with van der Waals surface area (Å²) < 4.78 is 15.6. The summed E-state index contributed by atoms with van der Waals surface area (Å²) in [6, 6.07) is 11.6. The van der Waals surface area contributed by atoms with E-state index in [-0.39, 0.29) is 35.2 Å². The summed E-state index contributed by atoms with van der Waals surface area (Å²) in [5, 5.41) is 1.09. The molecule has 1 saturated heterocycles. The van der Waals surface area contributed by atoms with Crippen molar-refractivity contribution in [2.75, 3.05) is 13.1 Å². The zero-order valence-electron chi connectivity index (χ0n) is 20.7. The molecule has 2 aromatic carbocycles.